The van der Waals surface area contributed by atoms with Crippen molar-refractivity contribution in [2.45, 2.75) is 125 Å². The fourth-order valence-electron chi connectivity index (χ4n) is 11.8. The molecule has 6 heteroatoms. The molecule has 10 atom stereocenters. The zero-order valence-corrected chi connectivity index (χ0v) is 29.2. The van der Waals surface area contributed by atoms with Crippen LogP contribution in [0.15, 0.2) is 11.6 Å². The summed E-state index contributed by atoms with van der Waals surface area (Å²) in [6.07, 6.45) is 14.1. The van der Waals surface area contributed by atoms with E-state index in [9.17, 15) is 14.7 Å². The third kappa shape index (κ3) is 4.98. The number of rotatable bonds is 17. The predicted molar refractivity (Wildman–Crippen MR) is 177 cm³/mol. The van der Waals surface area contributed by atoms with Gasteiger partial charge in [0, 0.05) is 12.0 Å². The molecule has 6 nitrogen and oxygen atoms in total. The van der Waals surface area contributed by atoms with Crippen LogP contribution in [0.4, 0.5) is 0 Å². The molecule has 250 valence electrons. The van der Waals surface area contributed by atoms with Crippen molar-refractivity contribution in [3.05, 3.63) is 11.6 Å². The highest BCUT2D eigenvalue weighted by molar-refractivity contribution is 5.90. The number of fused-ring (bicyclic) bond motifs is 2. The number of aldehydes is 1. The number of allylic oxidation sites excluding steroid dienone is 1. The zero-order chi connectivity index (χ0) is 31.9. The molecule has 4 fully saturated rings. The molecule has 0 radical (unpaired) electrons. The number of ether oxygens (including phenoxy) is 1. The van der Waals surface area contributed by atoms with E-state index in [0.717, 1.165) is 89.7 Å². The van der Waals surface area contributed by atoms with Crippen LogP contribution in [0, 0.1) is 51.8 Å². The summed E-state index contributed by atoms with van der Waals surface area (Å²) < 4.78 is 7.34. The smallest absolute Gasteiger partial charge is 0.315 e. The first-order chi connectivity index (χ1) is 21.1. The van der Waals surface area contributed by atoms with Crippen LogP contribution in [0.25, 0.3) is 0 Å². The minimum atomic E-state index is -1.14. The van der Waals surface area contributed by atoms with E-state index in [-0.39, 0.29) is 30.0 Å². The van der Waals surface area contributed by atoms with Gasteiger partial charge in [-0.3, -0.25) is 4.79 Å². The van der Waals surface area contributed by atoms with E-state index in [0.29, 0.717) is 24.2 Å². The Kier molecular flexibility index (Phi) is 10.4. The lowest BCUT2D eigenvalue weighted by Gasteiger charge is -2.60. The van der Waals surface area contributed by atoms with Gasteiger partial charge in [0.25, 0.3) is 0 Å². The van der Waals surface area contributed by atoms with E-state index in [1.54, 1.807) is 0 Å². The SMILES string of the molecule is CCCCC1CC(C23C[C@@H]4[C@H](C)CC[C@H]4C4(C=O)CC2C=C(C(C)C)C34C(=O)O)OC1CN(CC)CCCCN(CC)CC. The summed E-state index contributed by atoms with van der Waals surface area (Å²) in [6, 6.07) is 0. The van der Waals surface area contributed by atoms with Gasteiger partial charge in [-0.05, 0) is 113 Å². The highest BCUT2D eigenvalue weighted by atomic mass is 16.5. The van der Waals surface area contributed by atoms with Crippen LogP contribution in [0.3, 0.4) is 0 Å². The molecule has 1 N–H and O–H groups in total. The number of carbonyl (C=O) groups excluding carboxylic acids is 1. The van der Waals surface area contributed by atoms with E-state index in [1.807, 2.05) is 0 Å². The maximum Gasteiger partial charge on any atom is 0.315 e. The number of likely N-dealkylation sites (N-methyl/N-ethyl adjacent to an activating group) is 1. The molecule has 1 aliphatic heterocycles. The topological polar surface area (TPSA) is 70.1 Å². The lowest BCUT2D eigenvalue weighted by Crippen LogP contribution is -2.65. The fourth-order valence-corrected chi connectivity index (χ4v) is 11.8. The Balaban J connectivity index is 1.46. The fraction of sp³-hybridized carbons (Fsp3) is 0.895. The highest BCUT2D eigenvalue weighted by Crippen LogP contribution is 2.84. The molecule has 4 aliphatic carbocycles. The van der Waals surface area contributed by atoms with Gasteiger partial charge >= 0.3 is 5.97 Å². The molecule has 0 amide bonds. The minimum Gasteiger partial charge on any atom is -0.481 e. The average Bonchev–Trinajstić information content (AvgIpc) is 3.72. The second-order valence-corrected chi connectivity index (χ2v) is 15.8. The summed E-state index contributed by atoms with van der Waals surface area (Å²) >= 11 is 0. The average molecular weight is 613 g/mol. The Hall–Kier alpha value is -1.24. The van der Waals surface area contributed by atoms with Crippen molar-refractivity contribution in [1.29, 1.82) is 0 Å². The molecule has 44 heavy (non-hydrogen) atoms. The Bertz CT molecular complexity index is 1060. The Morgan fingerprint density at radius 1 is 1.05 bits per heavy atom. The van der Waals surface area contributed by atoms with Crippen molar-refractivity contribution in [3.8, 4) is 0 Å². The Morgan fingerprint density at radius 2 is 1.73 bits per heavy atom. The van der Waals surface area contributed by atoms with Crippen LogP contribution in [-0.4, -0.2) is 78.6 Å². The Morgan fingerprint density at radius 3 is 2.32 bits per heavy atom. The molecule has 0 aromatic rings. The number of carboxylic acid groups (broad SMARTS) is 1. The van der Waals surface area contributed by atoms with Gasteiger partial charge in [-0.1, -0.05) is 79.4 Å². The van der Waals surface area contributed by atoms with E-state index in [2.05, 4.69) is 64.3 Å². The monoisotopic (exact) mass is 612 g/mol. The van der Waals surface area contributed by atoms with Crippen molar-refractivity contribution in [3.63, 3.8) is 0 Å². The normalized spacial score (nSPS) is 40.8. The van der Waals surface area contributed by atoms with Crippen molar-refractivity contribution >= 4 is 12.3 Å². The molecule has 5 rings (SSSR count). The van der Waals surface area contributed by atoms with Crippen LogP contribution < -0.4 is 0 Å². The number of aliphatic carboxylic acids is 1. The third-order valence-electron chi connectivity index (χ3n) is 13.9. The van der Waals surface area contributed by atoms with Crippen molar-refractivity contribution in [1.82, 2.24) is 9.80 Å². The van der Waals surface area contributed by atoms with Gasteiger partial charge in [-0.15, -0.1) is 0 Å². The van der Waals surface area contributed by atoms with Gasteiger partial charge in [-0.2, -0.15) is 0 Å². The molecular weight excluding hydrogens is 548 g/mol. The molecule has 0 spiro atoms. The molecule has 0 aromatic carbocycles. The number of hydrogen-bond donors (Lipinski definition) is 1. The molecule has 7 unspecified atom stereocenters. The molecule has 5 aliphatic rings. The van der Waals surface area contributed by atoms with E-state index >= 15 is 0 Å². The van der Waals surface area contributed by atoms with Gasteiger partial charge in [-0.25, -0.2) is 0 Å². The van der Waals surface area contributed by atoms with Crippen LogP contribution in [0.1, 0.15) is 113 Å². The van der Waals surface area contributed by atoms with E-state index in [4.69, 9.17) is 4.74 Å². The first-order valence-corrected chi connectivity index (χ1v) is 18.6. The first kappa shape index (κ1) is 34.1. The van der Waals surface area contributed by atoms with Gasteiger partial charge in [0.15, 0.2) is 0 Å². The van der Waals surface area contributed by atoms with Crippen molar-refractivity contribution in [2.75, 3.05) is 39.3 Å². The second kappa shape index (κ2) is 13.5. The second-order valence-electron chi connectivity index (χ2n) is 15.8. The van der Waals surface area contributed by atoms with Crippen LogP contribution in [0.5, 0.6) is 0 Å². The summed E-state index contributed by atoms with van der Waals surface area (Å²) in [5, 5.41) is 11.5. The Labute approximate surface area is 268 Å². The maximum atomic E-state index is 14.0. The number of nitrogens with zero attached hydrogens (tertiary/aromatic N) is 2. The number of unbranched alkanes of at least 4 members (excludes halogenated alkanes) is 2. The number of hydrogen-bond acceptors (Lipinski definition) is 5. The van der Waals surface area contributed by atoms with Gasteiger partial charge in [0.05, 0.1) is 17.6 Å². The maximum absolute atomic E-state index is 14.0. The summed E-state index contributed by atoms with van der Waals surface area (Å²) in [7, 11) is 0. The third-order valence-corrected chi connectivity index (χ3v) is 13.9. The van der Waals surface area contributed by atoms with Gasteiger partial charge in [0.1, 0.15) is 11.7 Å². The number of carboxylic acids is 1. The molecule has 3 saturated carbocycles. The van der Waals surface area contributed by atoms with Crippen molar-refractivity contribution < 1.29 is 19.4 Å². The zero-order valence-electron chi connectivity index (χ0n) is 29.2. The van der Waals surface area contributed by atoms with Gasteiger partial charge < -0.3 is 24.4 Å². The molecule has 4 bridgehead atoms. The lowest BCUT2D eigenvalue weighted by atomic mass is 9.41. The number of carbonyl (C=O) groups is 2. The molecule has 1 saturated heterocycles. The van der Waals surface area contributed by atoms with Gasteiger partial charge in [0.2, 0.25) is 0 Å². The van der Waals surface area contributed by atoms with E-state index < -0.39 is 22.2 Å². The standard InChI is InChI=1S/C38H64N2O4/c1-8-12-15-28-20-34(44-33(28)24-40(11-4)19-14-13-18-39(9-2)10-3)37-23-30-27(7)16-17-31(30)36(25-41)22-29(37)21-32(26(5)6)38(36,37)35(42)43/h21,25-31,33-34H,8-20,22-24H2,1-7H3,(H,42,43)/t27-,28?,29?,30-,31-,33?,34?,36?,37?,38?/m1/s1. The van der Waals surface area contributed by atoms with Crippen LogP contribution in [0.2, 0.25) is 0 Å². The largest absolute Gasteiger partial charge is 0.481 e. The van der Waals surface area contributed by atoms with Crippen molar-refractivity contribution in [2.24, 2.45) is 51.8 Å². The predicted octanol–water partition coefficient (Wildman–Crippen LogP) is 7.32. The van der Waals surface area contributed by atoms with E-state index in [1.165, 1.54) is 19.3 Å². The highest BCUT2D eigenvalue weighted by Gasteiger charge is 2.86. The summed E-state index contributed by atoms with van der Waals surface area (Å²) in [6.45, 7) is 22.1. The minimum absolute atomic E-state index is 0.102. The summed E-state index contributed by atoms with van der Waals surface area (Å²) in [5.41, 5.74) is -1.45. The van der Waals surface area contributed by atoms with Crippen LogP contribution in [-0.2, 0) is 14.3 Å². The molecule has 0 aromatic heterocycles. The quantitative estimate of drug-likeness (QED) is 0.105. The first-order valence-electron chi connectivity index (χ1n) is 18.6. The molecule has 1 heterocycles. The lowest BCUT2D eigenvalue weighted by molar-refractivity contribution is -0.197. The summed E-state index contributed by atoms with van der Waals surface area (Å²) in [4.78, 5) is 32.7. The molecular formula is C38H64N2O4. The van der Waals surface area contributed by atoms with Crippen LogP contribution >= 0.6 is 0 Å². The summed E-state index contributed by atoms with van der Waals surface area (Å²) in [5.74, 6) is 1.02.